The quantitative estimate of drug-likeness (QED) is 0.739. The molecule has 138 valence electrons. The monoisotopic (exact) mass is 381 g/mol. The van der Waals surface area contributed by atoms with Crippen LogP contribution in [0, 0.1) is 0 Å². The van der Waals surface area contributed by atoms with Gasteiger partial charge in [0.1, 0.15) is 5.75 Å². The number of aromatic nitrogens is 1. The van der Waals surface area contributed by atoms with E-state index < -0.39 is 0 Å². The van der Waals surface area contributed by atoms with Gasteiger partial charge in [-0.1, -0.05) is 18.2 Å². The summed E-state index contributed by atoms with van der Waals surface area (Å²) in [6.45, 7) is 0.557. The second kappa shape index (κ2) is 8.46. The summed E-state index contributed by atoms with van der Waals surface area (Å²) in [5, 5.41) is 4.48. The highest BCUT2D eigenvalue weighted by atomic mass is 32.1. The number of nitrogens with one attached hydrogen (secondary N) is 1. The number of nitrogens with zero attached hydrogens (tertiary/aromatic N) is 2. The van der Waals surface area contributed by atoms with Gasteiger partial charge in [0.05, 0.1) is 7.11 Å². The fraction of sp³-hybridized carbons (Fsp3) is 0.150. The summed E-state index contributed by atoms with van der Waals surface area (Å²) in [4.78, 5) is 28.9. The number of ether oxygens (including phenoxy) is 1. The van der Waals surface area contributed by atoms with E-state index in [4.69, 9.17) is 4.74 Å². The van der Waals surface area contributed by atoms with Gasteiger partial charge in [0.25, 0.3) is 11.8 Å². The van der Waals surface area contributed by atoms with Crippen molar-refractivity contribution in [3.8, 4) is 5.75 Å². The molecule has 0 saturated heterocycles. The molecule has 1 heterocycles. The number of benzene rings is 2. The second-order valence-corrected chi connectivity index (χ2v) is 6.61. The van der Waals surface area contributed by atoms with Gasteiger partial charge in [-0.05, 0) is 35.9 Å². The Hall–Kier alpha value is -3.19. The summed E-state index contributed by atoms with van der Waals surface area (Å²) in [6.07, 6.45) is 1.88. The van der Waals surface area contributed by atoms with Gasteiger partial charge in [0.15, 0.2) is 4.80 Å². The predicted molar refractivity (Wildman–Crippen MR) is 104 cm³/mol. The summed E-state index contributed by atoms with van der Waals surface area (Å²) in [7, 11) is 3.16. The Morgan fingerprint density at radius 3 is 2.63 bits per heavy atom. The zero-order valence-electron chi connectivity index (χ0n) is 15.0. The molecule has 27 heavy (non-hydrogen) atoms. The first-order valence-corrected chi connectivity index (χ1v) is 9.16. The van der Waals surface area contributed by atoms with Gasteiger partial charge in [-0.15, -0.1) is 11.3 Å². The van der Waals surface area contributed by atoms with E-state index in [1.807, 2.05) is 28.3 Å². The van der Waals surface area contributed by atoms with Crippen molar-refractivity contribution in [1.82, 2.24) is 9.88 Å². The van der Waals surface area contributed by atoms with Gasteiger partial charge in [0.2, 0.25) is 0 Å². The van der Waals surface area contributed by atoms with E-state index in [-0.39, 0.29) is 11.8 Å². The lowest BCUT2D eigenvalue weighted by molar-refractivity contribution is 0.0961. The average Bonchev–Trinajstić information content (AvgIpc) is 3.14. The number of methoxy groups -OCH3 is 1. The third-order valence-corrected chi connectivity index (χ3v) is 4.76. The molecule has 3 aromatic rings. The summed E-state index contributed by atoms with van der Waals surface area (Å²) < 4.78 is 7.05. The fourth-order valence-corrected chi connectivity index (χ4v) is 3.24. The minimum absolute atomic E-state index is 0.121. The molecule has 1 aromatic heterocycles. The van der Waals surface area contributed by atoms with Crippen molar-refractivity contribution in [2.45, 2.75) is 6.54 Å². The van der Waals surface area contributed by atoms with Gasteiger partial charge in [-0.25, -0.2) is 0 Å². The van der Waals surface area contributed by atoms with Crippen LogP contribution in [-0.2, 0) is 6.54 Å². The lowest BCUT2D eigenvalue weighted by Crippen LogP contribution is -2.18. The molecule has 0 radical (unpaired) electrons. The third kappa shape index (κ3) is 4.51. The Bertz CT molecular complexity index is 1020. The maximum Gasteiger partial charge on any atom is 0.279 e. The highest BCUT2D eigenvalue weighted by Gasteiger charge is 2.07. The molecule has 2 amide bonds. The molecule has 7 heteroatoms. The van der Waals surface area contributed by atoms with Gasteiger partial charge in [-0.3, -0.25) is 9.59 Å². The maximum atomic E-state index is 12.5. The van der Waals surface area contributed by atoms with Crippen LogP contribution < -0.4 is 14.9 Å². The van der Waals surface area contributed by atoms with E-state index in [0.717, 1.165) is 5.56 Å². The van der Waals surface area contributed by atoms with Crippen LogP contribution in [0.5, 0.6) is 5.75 Å². The molecule has 0 aliphatic rings. The van der Waals surface area contributed by atoms with E-state index in [9.17, 15) is 9.59 Å². The molecule has 6 nitrogen and oxygen atoms in total. The molecule has 2 aromatic carbocycles. The Morgan fingerprint density at radius 2 is 1.93 bits per heavy atom. The first-order valence-electron chi connectivity index (χ1n) is 8.29. The topological polar surface area (TPSA) is 72.7 Å². The highest BCUT2D eigenvalue weighted by Crippen LogP contribution is 2.13. The number of hydrogen-bond donors (Lipinski definition) is 1. The van der Waals surface area contributed by atoms with Crippen LogP contribution in [0.15, 0.2) is 65.1 Å². The minimum Gasteiger partial charge on any atom is -0.497 e. The maximum absolute atomic E-state index is 12.5. The van der Waals surface area contributed by atoms with Gasteiger partial charge < -0.3 is 14.6 Å². The molecule has 0 unspecified atom stereocenters. The van der Waals surface area contributed by atoms with Crippen molar-refractivity contribution in [3.05, 3.63) is 81.6 Å². The van der Waals surface area contributed by atoms with Crippen molar-refractivity contribution in [2.24, 2.45) is 4.99 Å². The molecule has 1 N–H and O–H groups in total. The van der Waals surface area contributed by atoms with Crippen LogP contribution in [0.1, 0.15) is 26.3 Å². The van der Waals surface area contributed by atoms with Crippen LogP contribution in [0.25, 0.3) is 0 Å². The van der Waals surface area contributed by atoms with E-state index >= 15 is 0 Å². The van der Waals surface area contributed by atoms with Crippen LogP contribution in [0.3, 0.4) is 0 Å². The smallest absolute Gasteiger partial charge is 0.279 e. The third-order valence-electron chi connectivity index (χ3n) is 3.97. The molecule has 3 rings (SSSR count). The van der Waals surface area contributed by atoms with E-state index in [0.29, 0.717) is 28.2 Å². The highest BCUT2D eigenvalue weighted by molar-refractivity contribution is 7.07. The molecular formula is C20H19N3O3S. The van der Waals surface area contributed by atoms with Crippen molar-refractivity contribution < 1.29 is 14.3 Å². The van der Waals surface area contributed by atoms with Gasteiger partial charge >= 0.3 is 0 Å². The summed E-state index contributed by atoms with van der Waals surface area (Å²) in [5.41, 5.74) is 2.09. The number of carbonyl (C=O) groups excluding carboxylic acids is 2. The zero-order valence-corrected chi connectivity index (χ0v) is 15.8. The predicted octanol–water partition coefficient (Wildman–Crippen LogP) is 2.71. The number of thiazole rings is 1. The largest absolute Gasteiger partial charge is 0.497 e. The molecule has 0 atom stereocenters. The van der Waals surface area contributed by atoms with Gasteiger partial charge in [-0.2, -0.15) is 4.99 Å². The number of carbonyl (C=O) groups is 2. The fourth-order valence-electron chi connectivity index (χ4n) is 2.52. The summed E-state index contributed by atoms with van der Waals surface area (Å²) >= 11 is 1.39. The van der Waals surface area contributed by atoms with Crippen LogP contribution in [0.2, 0.25) is 0 Å². The lowest BCUT2D eigenvalue weighted by Gasteiger charge is -2.05. The van der Waals surface area contributed by atoms with Crippen LogP contribution in [-0.4, -0.2) is 30.5 Å². The number of rotatable bonds is 5. The van der Waals surface area contributed by atoms with Crippen molar-refractivity contribution in [3.63, 3.8) is 0 Å². The SMILES string of the molecule is CNC(=O)c1ccc(Cn2ccsc2=NC(=O)c2cccc(OC)c2)cc1. The number of hydrogen-bond acceptors (Lipinski definition) is 4. The molecular weight excluding hydrogens is 362 g/mol. The number of amides is 2. The molecule has 0 aliphatic carbocycles. The Kier molecular flexibility index (Phi) is 5.83. The van der Waals surface area contributed by atoms with Crippen molar-refractivity contribution in [1.29, 1.82) is 0 Å². The Morgan fingerprint density at radius 1 is 1.15 bits per heavy atom. The molecule has 0 fully saturated rings. The molecule has 0 aliphatic heterocycles. The summed E-state index contributed by atoms with van der Waals surface area (Å²) in [5.74, 6) is 0.177. The molecule has 0 saturated carbocycles. The second-order valence-electron chi connectivity index (χ2n) is 5.74. The van der Waals surface area contributed by atoms with E-state index in [1.165, 1.54) is 11.3 Å². The molecule has 0 spiro atoms. The van der Waals surface area contributed by atoms with E-state index in [1.54, 1.807) is 50.6 Å². The van der Waals surface area contributed by atoms with Crippen molar-refractivity contribution in [2.75, 3.05) is 14.2 Å². The zero-order chi connectivity index (χ0) is 19.2. The first-order chi connectivity index (χ1) is 13.1. The Balaban J connectivity index is 1.82. The minimum atomic E-state index is -0.319. The normalized spacial score (nSPS) is 11.3. The lowest BCUT2D eigenvalue weighted by atomic mass is 10.1. The standard InChI is InChI=1S/C20H19N3O3S/c1-21-18(24)15-8-6-14(7-9-15)13-23-10-11-27-20(23)22-19(25)16-4-3-5-17(12-16)26-2/h3-12H,13H2,1-2H3,(H,21,24). The van der Waals surface area contributed by atoms with E-state index in [2.05, 4.69) is 10.3 Å². The summed E-state index contributed by atoms with van der Waals surface area (Å²) in [6, 6.07) is 14.3. The average molecular weight is 381 g/mol. The van der Waals surface area contributed by atoms with Crippen LogP contribution in [0.4, 0.5) is 0 Å². The first kappa shape index (κ1) is 18.6. The molecule has 0 bridgehead atoms. The van der Waals surface area contributed by atoms with Gasteiger partial charge in [0, 0.05) is 36.3 Å². The van der Waals surface area contributed by atoms with Crippen molar-refractivity contribution >= 4 is 23.2 Å². The van der Waals surface area contributed by atoms with Crippen LogP contribution >= 0.6 is 11.3 Å². The Labute approximate surface area is 160 Å².